The van der Waals surface area contributed by atoms with Gasteiger partial charge in [0.25, 0.3) is 5.91 Å². The number of aromatic hydroxyl groups is 1. The number of carbonyl (C=O) groups excluding carboxylic acids is 2. The SMILES string of the molecule is O=C(NC[C@@H]1CN(C(=O)OCc2ccc(Cl)cc2Cl)CCO1)c1ccc(O)cc1. The molecule has 9 heteroatoms. The summed E-state index contributed by atoms with van der Waals surface area (Å²) in [7, 11) is 0. The third kappa shape index (κ3) is 6.00. The van der Waals surface area contributed by atoms with Crippen LogP contribution in [0.5, 0.6) is 5.75 Å². The van der Waals surface area contributed by atoms with Crippen molar-refractivity contribution in [3.8, 4) is 5.75 Å². The predicted octanol–water partition coefficient (Wildman–Crippen LogP) is 3.47. The third-order valence-corrected chi connectivity index (χ3v) is 4.97. The average Bonchev–Trinajstić information content (AvgIpc) is 2.72. The Morgan fingerprint density at radius 3 is 2.69 bits per heavy atom. The normalized spacial score (nSPS) is 16.3. The molecule has 1 aliphatic rings. The summed E-state index contributed by atoms with van der Waals surface area (Å²) in [4.78, 5) is 26.0. The molecule has 0 bridgehead atoms. The zero-order valence-electron chi connectivity index (χ0n) is 15.4. The average molecular weight is 439 g/mol. The minimum absolute atomic E-state index is 0.0362. The standard InChI is InChI=1S/C20H20Cl2N2O5/c21-15-4-1-14(18(22)9-15)12-29-20(27)24-7-8-28-17(11-24)10-23-19(26)13-2-5-16(25)6-3-13/h1-6,9,17,25H,7-8,10-12H2,(H,23,26)/t17-/m1/s1. The van der Waals surface area contributed by atoms with Crippen LogP contribution in [0.2, 0.25) is 10.0 Å². The molecule has 0 unspecified atom stereocenters. The molecule has 1 aliphatic heterocycles. The van der Waals surface area contributed by atoms with Gasteiger partial charge in [-0.25, -0.2) is 4.79 Å². The van der Waals surface area contributed by atoms with Crippen molar-refractivity contribution in [3.63, 3.8) is 0 Å². The smallest absolute Gasteiger partial charge is 0.410 e. The van der Waals surface area contributed by atoms with Crippen molar-refractivity contribution in [1.29, 1.82) is 0 Å². The number of phenolic OH excluding ortho intramolecular Hbond substituents is 1. The second-order valence-corrected chi connectivity index (χ2v) is 7.33. The van der Waals surface area contributed by atoms with Gasteiger partial charge in [-0.3, -0.25) is 4.79 Å². The van der Waals surface area contributed by atoms with Crippen LogP contribution < -0.4 is 5.32 Å². The number of ether oxygens (including phenoxy) is 2. The molecule has 1 saturated heterocycles. The molecule has 1 heterocycles. The van der Waals surface area contributed by atoms with Gasteiger partial charge in [0.2, 0.25) is 0 Å². The number of phenols is 1. The summed E-state index contributed by atoms with van der Waals surface area (Å²) in [5.41, 5.74) is 1.09. The molecule has 7 nitrogen and oxygen atoms in total. The van der Waals surface area contributed by atoms with E-state index in [1.165, 1.54) is 29.2 Å². The van der Waals surface area contributed by atoms with Crippen LogP contribution in [-0.4, -0.2) is 54.4 Å². The van der Waals surface area contributed by atoms with Crippen molar-refractivity contribution in [2.45, 2.75) is 12.7 Å². The van der Waals surface area contributed by atoms with Crippen LogP contribution in [0.25, 0.3) is 0 Å². The lowest BCUT2D eigenvalue weighted by Gasteiger charge is -2.32. The van der Waals surface area contributed by atoms with Gasteiger partial charge < -0.3 is 24.8 Å². The van der Waals surface area contributed by atoms with E-state index in [1.54, 1.807) is 18.2 Å². The molecule has 3 rings (SSSR count). The minimum Gasteiger partial charge on any atom is -0.508 e. The van der Waals surface area contributed by atoms with Gasteiger partial charge in [0, 0.05) is 34.3 Å². The molecule has 29 heavy (non-hydrogen) atoms. The van der Waals surface area contributed by atoms with Crippen molar-refractivity contribution in [1.82, 2.24) is 10.2 Å². The van der Waals surface area contributed by atoms with E-state index in [2.05, 4.69) is 5.32 Å². The highest BCUT2D eigenvalue weighted by Gasteiger charge is 2.26. The highest BCUT2D eigenvalue weighted by atomic mass is 35.5. The van der Waals surface area contributed by atoms with Gasteiger partial charge >= 0.3 is 6.09 Å². The number of carbonyl (C=O) groups is 2. The van der Waals surface area contributed by atoms with Crippen molar-refractivity contribution in [2.75, 3.05) is 26.2 Å². The van der Waals surface area contributed by atoms with Crippen LogP contribution in [-0.2, 0) is 16.1 Å². The van der Waals surface area contributed by atoms with Crippen LogP contribution in [0.4, 0.5) is 4.79 Å². The summed E-state index contributed by atoms with van der Waals surface area (Å²) in [5.74, 6) is -0.197. The van der Waals surface area contributed by atoms with Gasteiger partial charge in [-0.05, 0) is 36.4 Å². The number of hydrogen-bond acceptors (Lipinski definition) is 5. The van der Waals surface area contributed by atoms with Crippen molar-refractivity contribution in [2.24, 2.45) is 0 Å². The minimum atomic E-state index is -0.478. The first-order valence-corrected chi connectivity index (χ1v) is 9.72. The topological polar surface area (TPSA) is 88.1 Å². The number of morpholine rings is 1. The summed E-state index contributed by atoms with van der Waals surface area (Å²) in [5, 5.41) is 13.0. The summed E-state index contributed by atoms with van der Waals surface area (Å²) in [6.07, 6.45) is -0.828. The number of halogens is 2. The maximum absolute atomic E-state index is 12.4. The number of amides is 2. The van der Waals surface area contributed by atoms with E-state index in [4.69, 9.17) is 32.7 Å². The maximum Gasteiger partial charge on any atom is 0.410 e. The highest BCUT2D eigenvalue weighted by Crippen LogP contribution is 2.22. The fourth-order valence-corrected chi connectivity index (χ4v) is 3.26. The van der Waals surface area contributed by atoms with Crippen LogP contribution in [0.1, 0.15) is 15.9 Å². The molecule has 2 N–H and O–H groups in total. The molecular formula is C20H20Cl2N2O5. The Balaban J connectivity index is 1.47. The number of nitrogens with zero attached hydrogens (tertiary/aromatic N) is 1. The third-order valence-electron chi connectivity index (χ3n) is 4.38. The fraction of sp³-hybridized carbons (Fsp3) is 0.300. The molecule has 154 valence electrons. The Labute approximate surface area is 178 Å². The van der Waals surface area contributed by atoms with E-state index in [1.807, 2.05) is 0 Å². The second kappa shape index (κ2) is 9.82. The zero-order valence-corrected chi connectivity index (χ0v) is 16.9. The molecule has 1 fully saturated rings. The van der Waals surface area contributed by atoms with E-state index in [0.29, 0.717) is 40.9 Å². The van der Waals surface area contributed by atoms with Crippen molar-refractivity contribution >= 4 is 35.2 Å². The lowest BCUT2D eigenvalue weighted by molar-refractivity contribution is -0.0263. The molecule has 0 saturated carbocycles. The number of benzene rings is 2. The monoisotopic (exact) mass is 438 g/mol. The number of nitrogens with one attached hydrogen (secondary N) is 1. The first-order valence-electron chi connectivity index (χ1n) is 8.97. The lowest BCUT2D eigenvalue weighted by atomic mass is 10.2. The Kier molecular flexibility index (Phi) is 7.19. The van der Waals surface area contributed by atoms with E-state index < -0.39 is 6.09 Å². The first-order chi connectivity index (χ1) is 13.9. The Hall–Kier alpha value is -2.48. The molecule has 0 radical (unpaired) electrons. The molecule has 0 aliphatic carbocycles. The zero-order chi connectivity index (χ0) is 20.8. The summed E-state index contributed by atoms with van der Waals surface area (Å²) in [6, 6.07) is 10.9. The Bertz CT molecular complexity index is 876. The molecule has 2 amide bonds. The van der Waals surface area contributed by atoms with Gasteiger partial charge in [0.05, 0.1) is 19.3 Å². The molecule has 0 spiro atoms. The van der Waals surface area contributed by atoms with E-state index >= 15 is 0 Å². The second-order valence-electron chi connectivity index (χ2n) is 6.49. The van der Waals surface area contributed by atoms with Gasteiger partial charge in [-0.15, -0.1) is 0 Å². The summed E-state index contributed by atoms with van der Waals surface area (Å²) >= 11 is 11.9. The van der Waals surface area contributed by atoms with Crippen LogP contribution in [0.15, 0.2) is 42.5 Å². The van der Waals surface area contributed by atoms with E-state index in [9.17, 15) is 14.7 Å². The molecular weight excluding hydrogens is 419 g/mol. The van der Waals surface area contributed by atoms with Crippen molar-refractivity contribution in [3.05, 3.63) is 63.6 Å². The largest absolute Gasteiger partial charge is 0.508 e. The molecule has 1 atom stereocenters. The summed E-state index contributed by atoms with van der Waals surface area (Å²) < 4.78 is 11.0. The molecule has 2 aromatic rings. The lowest BCUT2D eigenvalue weighted by Crippen LogP contribution is -2.49. The van der Waals surface area contributed by atoms with E-state index in [-0.39, 0.29) is 30.9 Å². The Morgan fingerprint density at radius 1 is 1.21 bits per heavy atom. The van der Waals surface area contributed by atoms with Crippen LogP contribution in [0, 0.1) is 0 Å². The van der Waals surface area contributed by atoms with E-state index in [0.717, 1.165) is 0 Å². The van der Waals surface area contributed by atoms with Gasteiger partial charge in [0.1, 0.15) is 12.4 Å². The molecule has 2 aromatic carbocycles. The fourth-order valence-electron chi connectivity index (χ4n) is 2.80. The van der Waals surface area contributed by atoms with Crippen molar-refractivity contribution < 1.29 is 24.2 Å². The number of hydrogen-bond donors (Lipinski definition) is 2. The Morgan fingerprint density at radius 2 is 1.97 bits per heavy atom. The van der Waals surface area contributed by atoms with Crippen LogP contribution >= 0.6 is 23.2 Å². The molecule has 0 aromatic heterocycles. The van der Waals surface area contributed by atoms with Gasteiger partial charge in [-0.1, -0.05) is 29.3 Å². The predicted molar refractivity (Wildman–Crippen MR) is 108 cm³/mol. The van der Waals surface area contributed by atoms with Crippen LogP contribution in [0.3, 0.4) is 0 Å². The van der Waals surface area contributed by atoms with Gasteiger partial charge in [0.15, 0.2) is 0 Å². The number of rotatable bonds is 5. The summed E-state index contributed by atoms with van der Waals surface area (Å²) in [6.45, 7) is 1.32. The maximum atomic E-state index is 12.4. The van der Waals surface area contributed by atoms with Gasteiger partial charge in [-0.2, -0.15) is 0 Å². The first kappa shape index (κ1) is 21.2. The highest BCUT2D eigenvalue weighted by molar-refractivity contribution is 6.35. The quantitative estimate of drug-likeness (QED) is 0.745.